The molecule has 1 aliphatic carbocycles. The maximum absolute atomic E-state index is 5.36. The van der Waals surface area contributed by atoms with Crippen molar-refractivity contribution >= 4 is 23.1 Å². The number of nitrogen functional groups attached to an aromatic ring is 1. The second kappa shape index (κ2) is 5.14. The van der Waals surface area contributed by atoms with E-state index in [9.17, 15) is 0 Å². The Balaban J connectivity index is 1.87. The van der Waals surface area contributed by atoms with Gasteiger partial charge in [0.05, 0.1) is 6.04 Å². The molecule has 5 nitrogen and oxygen atoms in total. The van der Waals surface area contributed by atoms with Gasteiger partial charge in [-0.1, -0.05) is 0 Å². The molecule has 2 heterocycles. The molecule has 1 unspecified atom stereocenters. The highest BCUT2D eigenvalue weighted by molar-refractivity contribution is 7.10. The van der Waals surface area contributed by atoms with Gasteiger partial charge in [-0.15, -0.1) is 11.3 Å². The number of thiophene rings is 1. The molecule has 6 heteroatoms. The number of aromatic nitrogens is 2. The van der Waals surface area contributed by atoms with Crippen LogP contribution in [0.2, 0.25) is 0 Å². The van der Waals surface area contributed by atoms with Crippen LogP contribution >= 0.6 is 11.3 Å². The minimum atomic E-state index is 0.342. The summed E-state index contributed by atoms with van der Waals surface area (Å²) in [5, 5.41) is 5.70. The average Bonchev–Trinajstić information content (AvgIpc) is 2.90. The van der Waals surface area contributed by atoms with Gasteiger partial charge in [-0.25, -0.2) is 10.8 Å². The van der Waals surface area contributed by atoms with Gasteiger partial charge in [0.25, 0.3) is 0 Å². The third-order valence-corrected chi connectivity index (χ3v) is 4.46. The summed E-state index contributed by atoms with van der Waals surface area (Å²) in [5.41, 5.74) is 4.93. The largest absolute Gasteiger partial charge is 0.363 e. The van der Waals surface area contributed by atoms with Crippen LogP contribution in [-0.4, -0.2) is 9.97 Å². The number of nitrogens with two attached hydrogens (primary N) is 1. The van der Waals surface area contributed by atoms with E-state index in [1.807, 2.05) is 18.3 Å². The molecule has 0 fully saturated rings. The number of hydrazine groups is 1. The molecule has 100 valence electrons. The van der Waals surface area contributed by atoms with E-state index in [0.29, 0.717) is 12.0 Å². The topological polar surface area (TPSA) is 75.9 Å². The molecule has 0 radical (unpaired) electrons. The first kappa shape index (κ1) is 12.4. The number of hydrogen-bond acceptors (Lipinski definition) is 6. The summed E-state index contributed by atoms with van der Waals surface area (Å²) in [6.07, 6.45) is 5.33. The molecule has 3 rings (SSSR count). The second-order valence-corrected chi connectivity index (χ2v) is 5.76. The fourth-order valence-corrected chi connectivity index (χ4v) is 3.45. The Morgan fingerprint density at radius 2 is 2.37 bits per heavy atom. The SMILES string of the molecule is Cc1cnc(NN)nc1NC1CCCc2sccc21. The van der Waals surface area contributed by atoms with Gasteiger partial charge in [0, 0.05) is 16.6 Å². The zero-order valence-corrected chi connectivity index (χ0v) is 11.6. The van der Waals surface area contributed by atoms with E-state index >= 15 is 0 Å². The smallest absolute Gasteiger partial charge is 0.239 e. The molecular formula is C13H17N5S. The van der Waals surface area contributed by atoms with Crippen LogP contribution in [0.25, 0.3) is 0 Å². The monoisotopic (exact) mass is 275 g/mol. The normalized spacial score (nSPS) is 17.9. The lowest BCUT2D eigenvalue weighted by Gasteiger charge is -2.25. The number of aryl methyl sites for hydroxylation is 2. The van der Waals surface area contributed by atoms with Crippen molar-refractivity contribution in [3.8, 4) is 0 Å². The quantitative estimate of drug-likeness (QED) is 0.593. The fourth-order valence-electron chi connectivity index (χ4n) is 2.46. The van der Waals surface area contributed by atoms with Gasteiger partial charge in [-0.3, -0.25) is 5.43 Å². The van der Waals surface area contributed by atoms with Gasteiger partial charge < -0.3 is 5.32 Å². The van der Waals surface area contributed by atoms with Crippen molar-refractivity contribution in [1.82, 2.24) is 9.97 Å². The predicted octanol–water partition coefficient (Wildman–Crippen LogP) is 2.62. The lowest BCUT2D eigenvalue weighted by molar-refractivity contribution is 0.606. The summed E-state index contributed by atoms with van der Waals surface area (Å²) in [6.45, 7) is 2.00. The van der Waals surface area contributed by atoms with Gasteiger partial charge in [-0.05, 0) is 43.2 Å². The van der Waals surface area contributed by atoms with Crippen molar-refractivity contribution in [3.63, 3.8) is 0 Å². The molecule has 19 heavy (non-hydrogen) atoms. The highest BCUT2D eigenvalue weighted by Gasteiger charge is 2.21. The van der Waals surface area contributed by atoms with Crippen LogP contribution in [0.5, 0.6) is 0 Å². The van der Waals surface area contributed by atoms with Crippen molar-refractivity contribution in [2.24, 2.45) is 5.84 Å². The average molecular weight is 275 g/mol. The minimum absolute atomic E-state index is 0.342. The molecule has 0 saturated heterocycles. The maximum Gasteiger partial charge on any atom is 0.239 e. The van der Waals surface area contributed by atoms with Crippen LogP contribution in [0.3, 0.4) is 0 Å². The fraction of sp³-hybridized carbons (Fsp3) is 0.385. The standard InChI is InChI=1S/C13H17N5S/c1-8-7-15-13(18-14)17-12(8)16-10-3-2-4-11-9(10)5-6-19-11/h5-7,10H,2-4,14H2,1H3,(H2,15,16,17,18). The number of anilines is 2. The van der Waals surface area contributed by atoms with Crippen LogP contribution in [-0.2, 0) is 6.42 Å². The van der Waals surface area contributed by atoms with E-state index in [2.05, 4.69) is 32.2 Å². The van der Waals surface area contributed by atoms with Gasteiger partial charge >= 0.3 is 0 Å². The van der Waals surface area contributed by atoms with Gasteiger partial charge in [0.1, 0.15) is 5.82 Å². The highest BCUT2D eigenvalue weighted by Crippen LogP contribution is 2.35. The molecular weight excluding hydrogens is 258 g/mol. The van der Waals surface area contributed by atoms with E-state index < -0.39 is 0 Å². The van der Waals surface area contributed by atoms with Crippen molar-refractivity contribution < 1.29 is 0 Å². The molecule has 0 aromatic carbocycles. The van der Waals surface area contributed by atoms with Crippen LogP contribution in [0.15, 0.2) is 17.6 Å². The zero-order valence-electron chi connectivity index (χ0n) is 10.8. The minimum Gasteiger partial charge on any atom is -0.363 e. The lowest BCUT2D eigenvalue weighted by atomic mass is 9.94. The van der Waals surface area contributed by atoms with Gasteiger partial charge in [0.15, 0.2) is 0 Å². The summed E-state index contributed by atoms with van der Waals surface area (Å²) in [5.74, 6) is 6.65. The number of hydrogen-bond donors (Lipinski definition) is 3. The van der Waals surface area contributed by atoms with Crippen molar-refractivity contribution in [3.05, 3.63) is 33.6 Å². The Hall–Kier alpha value is -1.66. The van der Waals surface area contributed by atoms with E-state index in [0.717, 1.165) is 17.8 Å². The first-order valence-electron chi connectivity index (χ1n) is 6.41. The van der Waals surface area contributed by atoms with Crippen LogP contribution < -0.4 is 16.6 Å². The molecule has 2 aromatic rings. The summed E-state index contributed by atoms with van der Waals surface area (Å²) in [6, 6.07) is 2.56. The number of rotatable bonds is 3. The molecule has 1 aliphatic rings. The Kier molecular flexibility index (Phi) is 3.35. The Bertz CT molecular complexity index is 580. The molecule has 0 amide bonds. The number of nitrogens with one attached hydrogen (secondary N) is 2. The van der Waals surface area contributed by atoms with E-state index in [1.54, 1.807) is 6.20 Å². The predicted molar refractivity (Wildman–Crippen MR) is 78.2 cm³/mol. The van der Waals surface area contributed by atoms with E-state index in [1.165, 1.54) is 23.3 Å². The Morgan fingerprint density at radius 1 is 1.47 bits per heavy atom. The van der Waals surface area contributed by atoms with Crippen LogP contribution in [0, 0.1) is 6.92 Å². The van der Waals surface area contributed by atoms with Gasteiger partial charge in [-0.2, -0.15) is 4.98 Å². The third kappa shape index (κ3) is 2.41. The molecule has 2 aromatic heterocycles. The van der Waals surface area contributed by atoms with Crippen LogP contribution in [0.4, 0.5) is 11.8 Å². The summed E-state index contributed by atoms with van der Waals surface area (Å²) in [4.78, 5) is 9.98. The summed E-state index contributed by atoms with van der Waals surface area (Å²) < 4.78 is 0. The Morgan fingerprint density at radius 3 is 3.21 bits per heavy atom. The van der Waals surface area contributed by atoms with Gasteiger partial charge in [0.2, 0.25) is 5.95 Å². The second-order valence-electron chi connectivity index (χ2n) is 4.76. The van der Waals surface area contributed by atoms with E-state index in [-0.39, 0.29) is 0 Å². The summed E-state index contributed by atoms with van der Waals surface area (Å²) >= 11 is 1.85. The van der Waals surface area contributed by atoms with Crippen molar-refractivity contribution in [1.29, 1.82) is 0 Å². The maximum atomic E-state index is 5.36. The molecule has 0 bridgehead atoms. The molecule has 4 N–H and O–H groups in total. The lowest BCUT2D eigenvalue weighted by Crippen LogP contribution is -2.18. The molecule has 1 atom stereocenters. The molecule has 0 saturated carbocycles. The molecule has 0 aliphatic heterocycles. The zero-order chi connectivity index (χ0) is 13.2. The molecule has 0 spiro atoms. The third-order valence-electron chi connectivity index (χ3n) is 3.46. The van der Waals surface area contributed by atoms with Crippen molar-refractivity contribution in [2.75, 3.05) is 10.7 Å². The number of nitrogens with zero attached hydrogens (tertiary/aromatic N) is 2. The first-order chi connectivity index (χ1) is 9.28. The van der Waals surface area contributed by atoms with Crippen molar-refractivity contribution in [2.45, 2.75) is 32.2 Å². The number of fused-ring (bicyclic) bond motifs is 1. The summed E-state index contributed by atoms with van der Waals surface area (Å²) in [7, 11) is 0. The first-order valence-corrected chi connectivity index (χ1v) is 7.29. The van der Waals surface area contributed by atoms with E-state index in [4.69, 9.17) is 5.84 Å². The van der Waals surface area contributed by atoms with Crippen LogP contribution in [0.1, 0.15) is 34.9 Å². The highest BCUT2D eigenvalue weighted by atomic mass is 32.1. The Labute approximate surface area is 116 Å².